The fraction of sp³-hybridized carbons (Fsp3) is 0.917. The minimum absolute atomic E-state index is 0.196. The Bertz CT molecular complexity index is 188. The number of hydrogen-bond donors (Lipinski definition) is 0. The molecule has 1 amide bonds. The van der Waals surface area contributed by atoms with Crippen LogP contribution in [0, 0.1) is 0 Å². The quantitative estimate of drug-likeness (QED) is 0.655. The van der Waals surface area contributed by atoms with Crippen LogP contribution in [0.5, 0.6) is 0 Å². The van der Waals surface area contributed by atoms with E-state index >= 15 is 0 Å². The third kappa shape index (κ3) is 4.20. The van der Waals surface area contributed by atoms with Crippen LogP contribution < -0.4 is 0 Å². The van der Waals surface area contributed by atoms with Crippen molar-refractivity contribution in [2.24, 2.45) is 0 Å². The van der Waals surface area contributed by atoms with E-state index in [9.17, 15) is 4.79 Å². The molecule has 0 aromatic carbocycles. The van der Waals surface area contributed by atoms with Crippen LogP contribution in [0.3, 0.4) is 0 Å². The van der Waals surface area contributed by atoms with Gasteiger partial charge in [-0.1, -0.05) is 19.3 Å². The van der Waals surface area contributed by atoms with E-state index in [1.165, 1.54) is 32.1 Å². The molecule has 1 aliphatic rings. The Morgan fingerprint density at radius 2 is 2.00 bits per heavy atom. The van der Waals surface area contributed by atoms with Crippen molar-refractivity contribution in [3.63, 3.8) is 0 Å². The average Bonchev–Trinajstić information content (AvgIpc) is 2.25. The molecule has 0 spiro atoms. The van der Waals surface area contributed by atoms with E-state index in [-0.39, 0.29) is 5.91 Å². The van der Waals surface area contributed by atoms with Gasteiger partial charge in [0.1, 0.15) is 0 Å². The highest BCUT2D eigenvalue weighted by Crippen LogP contribution is 2.22. The van der Waals surface area contributed by atoms with Crippen LogP contribution in [0.4, 0.5) is 0 Å². The normalized spacial score (nSPS) is 17.7. The number of carbonyl (C=O) groups is 1. The van der Waals surface area contributed by atoms with E-state index in [1.807, 2.05) is 11.8 Å². The van der Waals surface area contributed by atoms with Gasteiger partial charge in [-0.25, -0.2) is 0 Å². The summed E-state index contributed by atoms with van der Waals surface area (Å²) in [5.74, 6) is 0.196. The summed E-state index contributed by atoms with van der Waals surface area (Å²) in [6.07, 6.45) is 6.21. The molecule has 1 rings (SSSR count). The highest BCUT2D eigenvalue weighted by molar-refractivity contribution is 5.73. The molecule has 88 valence electrons. The standard InChI is InChI=1S/C12H23NO2/c1-3-15-10-9-13(11(2)14)12-7-5-4-6-8-12/h12H,3-10H2,1-2H3. The maximum atomic E-state index is 11.5. The van der Waals surface area contributed by atoms with E-state index < -0.39 is 0 Å². The summed E-state index contributed by atoms with van der Waals surface area (Å²) in [6.45, 7) is 5.82. The lowest BCUT2D eigenvalue weighted by Crippen LogP contribution is -2.42. The van der Waals surface area contributed by atoms with E-state index in [2.05, 4.69) is 0 Å². The Morgan fingerprint density at radius 3 is 2.53 bits per heavy atom. The second-order valence-corrected chi connectivity index (χ2v) is 4.20. The van der Waals surface area contributed by atoms with Gasteiger partial charge >= 0.3 is 0 Å². The summed E-state index contributed by atoms with van der Waals surface area (Å²) >= 11 is 0. The van der Waals surface area contributed by atoms with Gasteiger partial charge in [0, 0.05) is 26.1 Å². The summed E-state index contributed by atoms with van der Waals surface area (Å²) in [4.78, 5) is 13.5. The molecule has 0 N–H and O–H groups in total. The van der Waals surface area contributed by atoms with Crippen LogP contribution in [0.15, 0.2) is 0 Å². The molecule has 0 atom stereocenters. The fourth-order valence-corrected chi connectivity index (χ4v) is 2.30. The number of hydrogen-bond acceptors (Lipinski definition) is 2. The van der Waals surface area contributed by atoms with Crippen molar-refractivity contribution >= 4 is 5.91 Å². The zero-order chi connectivity index (χ0) is 11.1. The van der Waals surface area contributed by atoms with Crippen LogP contribution in [0.2, 0.25) is 0 Å². The van der Waals surface area contributed by atoms with Crippen LogP contribution in [0.25, 0.3) is 0 Å². The number of rotatable bonds is 5. The second kappa shape index (κ2) is 6.83. The zero-order valence-electron chi connectivity index (χ0n) is 10.00. The zero-order valence-corrected chi connectivity index (χ0v) is 10.00. The monoisotopic (exact) mass is 213 g/mol. The number of ether oxygens (including phenoxy) is 1. The van der Waals surface area contributed by atoms with Gasteiger partial charge in [0.25, 0.3) is 0 Å². The Balaban J connectivity index is 2.37. The lowest BCUT2D eigenvalue weighted by Gasteiger charge is -2.33. The third-order valence-electron chi connectivity index (χ3n) is 3.10. The van der Waals surface area contributed by atoms with Crippen LogP contribution in [0.1, 0.15) is 46.0 Å². The molecule has 0 aliphatic heterocycles. The molecule has 0 aromatic rings. The van der Waals surface area contributed by atoms with Crippen molar-refractivity contribution < 1.29 is 9.53 Å². The van der Waals surface area contributed by atoms with Gasteiger partial charge in [0.2, 0.25) is 5.91 Å². The predicted octanol–water partition coefficient (Wildman–Crippen LogP) is 2.20. The molecule has 0 aromatic heterocycles. The smallest absolute Gasteiger partial charge is 0.219 e. The van der Waals surface area contributed by atoms with E-state index in [4.69, 9.17) is 4.74 Å². The molecule has 0 bridgehead atoms. The molecular weight excluding hydrogens is 190 g/mol. The van der Waals surface area contributed by atoms with Crippen molar-refractivity contribution in [1.29, 1.82) is 0 Å². The van der Waals surface area contributed by atoms with Crippen LogP contribution in [-0.2, 0) is 9.53 Å². The van der Waals surface area contributed by atoms with Gasteiger partial charge in [-0.05, 0) is 19.8 Å². The third-order valence-corrected chi connectivity index (χ3v) is 3.10. The van der Waals surface area contributed by atoms with Crippen LogP contribution in [-0.4, -0.2) is 36.6 Å². The Kier molecular flexibility index (Phi) is 5.69. The molecule has 15 heavy (non-hydrogen) atoms. The first-order chi connectivity index (χ1) is 7.25. The summed E-state index contributed by atoms with van der Waals surface area (Å²) < 4.78 is 5.31. The Labute approximate surface area is 92.8 Å². The number of carbonyl (C=O) groups excluding carboxylic acids is 1. The number of amides is 1. The minimum atomic E-state index is 0.196. The molecule has 3 heteroatoms. The topological polar surface area (TPSA) is 29.5 Å². The molecule has 0 heterocycles. The van der Waals surface area contributed by atoms with Gasteiger partial charge in [0.05, 0.1) is 6.61 Å². The first kappa shape index (κ1) is 12.5. The van der Waals surface area contributed by atoms with Gasteiger partial charge in [-0.15, -0.1) is 0 Å². The van der Waals surface area contributed by atoms with Crippen molar-refractivity contribution in [3.8, 4) is 0 Å². The summed E-state index contributed by atoms with van der Waals surface area (Å²) in [6, 6.07) is 0.469. The number of nitrogens with zero attached hydrogens (tertiary/aromatic N) is 1. The van der Waals surface area contributed by atoms with Crippen molar-refractivity contribution in [1.82, 2.24) is 4.90 Å². The molecule has 0 radical (unpaired) electrons. The summed E-state index contributed by atoms with van der Waals surface area (Å²) in [5.41, 5.74) is 0. The highest BCUT2D eigenvalue weighted by Gasteiger charge is 2.22. The van der Waals surface area contributed by atoms with Gasteiger partial charge < -0.3 is 9.64 Å². The van der Waals surface area contributed by atoms with Crippen LogP contribution >= 0.6 is 0 Å². The maximum absolute atomic E-state index is 11.5. The van der Waals surface area contributed by atoms with E-state index in [1.54, 1.807) is 6.92 Å². The Morgan fingerprint density at radius 1 is 1.33 bits per heavy atom. The Hall–Kier alpha value is -0.570. The average molecular weight is 213 g/mol. The summed E-state index contributed by atoms with van der Waals surface area (Å²) in [7, 11) is 0. The molecule has 1 aliphatic carbocycles. The van der Waals surface area contributed by atoms with Crippen molar-refractivity contribution in [3.05, 3.63) is 0 Å². The largest absolute Gasteiger partial charge is 0.380 e. The highest BCUT2D eigenvalue weighted by atomic mass is 16.5. The minimum Gasteiger partial charge on any atom is -0.380 e. The first-order valence-electron chi connectivity index (χ1n) is 6.10. The van der Waals surface area contributed by atoms with E-state index in [0.717, 1.165) is 13.2 Å². The predicted molar refractivity (Wildman–Crippen MR) is 60.8 cm³/mol. The lowest BCUT2D eigenvalue weighted by molar-refractivity contribution is -0.132. The molecule has 3 nitrogen and oxygen atoms in total. The molecular formula is C12H23NO2. The van der Waals surface area contributed by atoms with Gasteiger partial charge in [0.15, 0.2) is 0 Å². The molecule has 1 fully saturated rings. The molecule has 0 saturated heterocycles. The summed E-state index contributed by atoms with van der Waals surface area (Å²) in [5, 5.41) is 0. The first-order valence-corrected chi connectivity index (χ1v) is 6.10. The van der Waals surface area contributed by atoms with Crippen molar-refractivity contribution in [2.45, 2.75) is 52.0 Å². The lowest BCUT2D eigenvalue weighted by atomic mass is 9.94. The van der Waals surface area contributed by atoms with Gasteiger partial charge in [-0.3, -0.25) is 4.79 Å². The second-order valence-electron chi connectivity index (χ2n) is 4.20. The maximum Gasteiger partial charge on any atom is 0.219 e. The fourth-order valence-electron chi connectivity index (χ4n) is 2.30. The van der Waals surface area contributed by atoms with E-state index in [0.29, 0.717) is 12.6 Å². The molecule has 0 unspecified atom stereocenters. The molecule has 1 saturated carbocycles. The van der Waals surface area contributed by atoms with Crippen molar-refractivity contribution in [2.75, 3.05) is 19.8 Å². The SMILES string of the molecule is CCOCCN(C(C)=O)C1CCCCC1. The van der Waals surface area contributed by atoms with Gasteiger partial charge in [-0.2, -0.15) is 0 Å².